The minimum Gasteiger partial charge on any atom is -0.472 e. The van der Waals surface area contributed by atoms with Crippen LogP contribution in [-0.2, 0) is 0 Å². The van der Waals surface area contributed by atoms with E-state index in [1.165, 1.54) is 18.2 Å². The van der Waals surface area contributed by atoms with Gasteiger partial charge in [0, 0.05) is 44.0 Å². The zero-order valence-electron chi connectivity index (χ0n) is 16.5. The fraction of sp³-hybridized carbons (Fsp3) is 0.455. The quantitative estimate of drug-likeness (QED) is 0.833. The number of urea groups is 1. The van der Waals surface area contributed by atoms with E-state index >= 15 is 0 Å². The SMILES string of the molecule is O=C(NC1CCN(C(=O)c2ccoc2)CC1)NC1CCN(c2ccccc2)CC1. The Bertz CT molecular complexity index is 793. The highest BCUT2D eigenvalue weighted by Gasteiger charge is 2.26. The lowest BCUT2D eigenvalue weighted by molar-refractivity contribution is 0.0707. The van der Waals surface area contributed by atoms with Gasteiger partial charge in [0.05, 0.1) is 11.8 Å². The van der Waals surface area contributed by atoms with Crippen molar-refractivity contribution in [1.82, 2.24) is 15.5 Å². The molecule has 0 saturated carbocycles. The molecule has 0 bridgehead atoms. The zero-order valence-corrected chi connectivity index (χ0v) is 16.5. The Labute approximate surface area is 171 Å². The van der Waals surface area contributed by atoms with Crippen LogP contribution in [0.5, 0.6) is 0 Å². The standard InChI is InChI=1S/C22H28N4O3/c27-21(17-10-15-29-16-17)26-13-8-19(9-14-26)24-22(28)23-18-6-11-25(12-7-18)20-4-2-1-3-5-20/h1-5,10,15-16,18-19H,6-9,11-14H2,(H2,23,24,28). The first-order chi connectivity index (χ1) is 14.2. The molecule has 2 N–H and O–H groups in total. The highest BCUT2D eigenvalue weighted by molar-refractivity contribution is 5.93. The summed E-state index contributed by atoms with van der Waals surface area (Å²) in [5.41, 5.74) is 1.82. The number of carbonyl (C=O) groups is 2. The number of para-hydroxylation sites is 1. The van der Waals surface area contributed by atoms with E-state index in [9.17, 15) is 9.59 Å². The van der Waals surface area contributed by atoms with E-state index in [-0.39, 0.29) is 24.0 Å². The lowest BCUT2D eigenvalue weighted by Crippen LogP contribution is -2.52. The van der Waals surface area contributed by atoms with Crippen LogP contribution in [0.25, 0.3) is 0 Å². The number of anilines is 1. The van der Waals surface area contributed by atoms with Crippen LogP contribution in [0.3, 0.4) is 0 Å². The number of hydrogen-bond donors (Lipinski definition) is 2. The number of piperidine rings is 2. The lowest BCUT2D eigenvalue weighted by atomic mass is 10.0. The molecular weight excluding hydrogens is 368 g/mol. The first-order valence-electron chi connectivity index (χ1n) is 10.4. The molecule has 2 fully saturated rings. The van der Waals surface area contributed by atoms with Gasteiger partial charge in [-0.25, -0.2) is 4.79 Å². The number of likely N-dealkylation sites (tertiary alicyclic amines) is 1. The molecule has 2 aliphatic heterocycles. The fourth-order valence-corrected chi connectivity index (χ4v) is 4.13. The molecule has 0 spiro atoms. The van der Waals surface area contributed by atoms with E-state index in [1.54, 1.807) is 6.07 Å². The van der Waals surface area contributed by atoms with Crippen molar-refractivity contribution < 1.29 is 14.0 Å². The van der Waals surface area contributed by atoms with Crippen LogP contribution < -0.4 is 15.5 Å². The monoisotopic (exact) mass is 396 g/mol. The molecule has 1 aromatic heterocycles. The van der Waals surface area contributed by atoms with Gasteiger partial charge in [-0.3, -0.25) is 4.79 Å². The molecule has 3 amide bonds. The molecule has 154 valence electrons. The van der Waals surface area contributed by atoms with E-state index in [2.05, 4.69) is 39.8 Å². The largest absolute Gasteiger partial charge is 0.472 e. The maximum Gasteiger partial charge on any atom is 0.315 e. The minimum absolute atomic E-state index is 0.00757. The Morgan fingerprint density at radius 3 is 2.07 bits per heavy atom. The molecule has 3 heterocycles. The second-order valence-electron chi connectivity index (χ2n) is 7.79. The Morgan fingerprint density at radius 2 is 1.48 bits per heavy atom. The highest BCUT2D eigenvalue weighted by Crippen LogP contribution is 2.19. The van der Waals surface area contributed by atoms with Gasteiger partial charge in [0.25, 0.3) is 5.91 Å². The molecule has 0 aliphatic carbocycles. The highest BCUT2D eigenvalue weighted by atomic mass is 16.3. The maximum atomic E-state index is 12.4. The Balaban J connectivity index is 1.17. The number of furan rings is 1. The summed E-state index contributed by atoms with van der Waals surface area (Å²) in [6, 6.07) is 12.3. The van der Waals surface area contributed by atoms with Gasteiger partial charge in [-0.2, -0.15) is 0 Å². The van der Waals surface area contributed by atoms with Gasteiger partial charge in [0.1, 0.15) is 6.26 Å². The topological polar surface area (TPSA) is 77.8 Å². The third-order valence-electron chi connectivity index (χ3n) is 5.84. The summed E-state index contributed by atoms with van der Waals surface area (Å²) in [5, 5.41) is 6.21. The average molecular weight is 396 g/mol. The van der Waals surface area contributed by atoms with Crippen molar-refractivity contribution in [3.8, 4) is 0 Å². The first kappa shape index (κ1) is 19.4. The van der Waals surface area contributed by atoms with Gasteiger partial charge in [0.2, 0.25) is 0 Å². The second kappa shape index (κ2) is 9.03. The molecule has 7 nitrogen and oxygen atoms in total. The van der Waals surface area contributed by atoms with Gasteiger partial charge in [-0.05, 0) is 43.9 Å². The molecule has 2 saturated heterocycles. The van der Waals surface area contributed by atoms with Crippen molar-refractivity contribution in [3.05, 3.63) is 54.5 Å². The molecule has 1 aromatic carbocycles. The maximum absolute atomic E-state index is 12.4. The van der Waals surface area contributed by atoms with Crippen molar-refractivity contribution in [2.24, 2.45) is 0 Å². The molecular formula is C22H28N4O3. The number of benzene rings is 1. The Hall–Kier alpha value is -2.96. The summed E-state index contributed by atoms with van der Waals surface area (Å²) >= 11 is 0. The van der Waals surface area contributed by atoms with E-state index in [0.29, 0.717) is 18.7 Å². The van der Waals surface area contributed by atoms with Gasteiger partial charge in [-0.15, -0.1) is 0 Å². The predicted molar refractivity (Wildman–Crippen MR) is 111 cm³/mol. The van der Waals surface area contributed by atoms with Crippen molar-refractivity contribution in [2.75, 3.05) is 31.1 Å². The summed E-state index contributed by atoms with van der Waals surface area (Å²) in [6.45, 7) is 3.18. The molecule has 7 heteroatoms. The lowest BCUT2D eigenvalue weighted by Gasteiger charge is -2.35. The third kappa shape index (κ3) is 4.91. The first-order valence-corrected chi connectivity index (χ1v) is 10.4. The van der Waals surface area contributed by atoms with E-state index in [4.69, 9.17) is 4.42 Å². The third-order valence-corrected chi connectivity index (χ3v) is 5.84. The minimum atomic E-state index is -0.0947. The van der Waals surface area contributed by atoms with Crippen LogP contribution in [-0.4, -0.2) is 55.1 Å². The van der Waals surface area contributed by atoms with Gasteiger partial charge < -0.3 is 24.9 Å². The fourth-order valence-electron chi connectivity index (χ4n) is 4.13. The molecule has 29 heavy (non-hydrogen) atoms. The van der Waals surface area contributed by atoms with Gasteiger partial charge >= 0.3 is 6.03 Å². The number of hydrogen-bond acceptors (Lipinski definition) is 4. The van der Waals surface area contributed by atoms with Crippen LogP contribution in [0.2, 0.25) is 0 Å². The van der Waals surface area contributed by atoms with Gasteiger partial charge in [0.15, 0.2) is 0 Å². The number of amides is 3. The van der Waals surface area contributed by atoms with E-state index in [0.717, 1.165) is 38.8 Å². The smallest absolute Gasteiger partial charge is 0.315 e. The van der Waals surface area contributed by atoms with E-state index < -0.39 is 0 Å². The normalized spacial score (nSPS) is 18.5. The molecule has 2 aromatic rings. The molecule has 2 aliphatic rings. The number of carbonyl (C=O) groups excluding carboxylic acids is 2. The van der Waals surface area contributed by atoms with E-state index in [1.807, 2.05) is 11.0 Å². The second-order valence-corrected chi connectivity index (χ2v) is 7.79. The number of rotatable bonds is 4. The van der Waals surface area contributed by atoms with Crippen LogP contribution in [0.1, 0.15) is 36.0 Å². The molecule has 4 rings (SSSR count). The number of nitrogens with one attached hydrogen (secondary N) is 2. The van der Waals surface area contributed by atoms with Crippen molar-refractivity contribution in [2.45, 2.75) is 37.8 Å². The predicted octanol–water partition coefficient (Wildman–Crippen LogP) is 2.85. The van der Waals surface area contributed by atoms with Crippen LogP contribution in [0, 0.1) is 0 Å². The molecule has 0 unspecified atom stereocenters. The average Bonchev–Trinajstić information content (AvgIpc) is 3.30. The van der Waals surface area contributed by atoms with Crippen LogP contribution in [0.15, 0.2) is 53.3 Å². The Morgan fingerprint density at radius 1 is 0.862 bits per heavy atom. The molecule has 0 radical (unpaired) electrons. The summed E-state index contributed by atoms with van der Waals surface area (Å²) in [6.07, 6.45) is 6.41. The van der Waals surface area contributed by atoms with Crippen LogP contribution in [0.4, 0.5) is 10.5 Å². The van der Waals surface area contributed by atoms with Crippen molar-refractivity contribution in [3.63, 3.8) is 0 Å². The van der Waals surface area contributed by atoms with Crippen molar-refractivity contribution >= 4 is 17.6 Å². The summed E-state index contributed by atoms with van der Waals surface area (Å²) in [4.78, 5) is 28.9. The summed E-state index contributed by atoms with van der Waals surface area (Å²) < 4.78 is 4.99. The number of nitrogens with zero attached hydrogens (tertiary/aromatic N) is 2. The Kier molecular flexibility index (Phi) is 6.03. The molecule has 0 atom stereocenters. The zero-order chi connectivity index (χ0) is 20.1. The summed E-state index contributed by atoms with van der Waals surface area (Å²) in [7, 11) is 0. The van der Waals surface area contributed by atoms with Gasteiger partial charge in [-0.1, -0.05) is 18.2 Å². The summed E-state index contributed by atoms with van der Waals surface area (Å²) in [5.74, 6) is -0.00757. The van der Waals surface area contributed by atoms with Crippen molar-refractivity contribution in [1.29, 1.82) is 0 Å². The van der Waals surface area contributed by atoms with Crippen LogP contribution >= 0.6 is 0 Å².